The smallest absolute Gasteiger partial charge is 0.317 e. The lowest BCUT2D eigenvalue weighted by molar-refractivity contribution is -0.140. The minimum absolute atomic E-state index is 0.0268. The topological polar surface area (TPSA) is 72.9 Å². The normalized spacial score (nSPS) is 19.1. The molecule has 0 spiro atoms. The van der Waals surface area contributed by atoms with Crippen molar-refractivity contribution < 1.29 is 14.7 Å². The van der Waals surface area contributed by atoms with Gasteiger partial charge in [0.1, 0.15) is 0 Å². The Morgan fingerprint density at radius 1 is 1.19 bits per heavy atom. The maximum Gasteiger partial charge on any atom is 0.317 e. The van der Waals surface area contributed by atoms with Gasteiger partial charge in [-0.15, -0.1) is 0 Å². The molecule has 1 fully saturated rings. The zero-order valence-electron chi connectivity index (χ0n) is 13.7. The Labute approximate surface area is 127 Å². The summed E-state index contributed by atoms with van der Waals surface area (Å²) in [5.41, 5.74) is -0.536. The second kappa shape index (κ2) is 7.64. The molecule has 1 rings (SSSR count). The Morgan fingerprint density at radius 3 is 2.24 bits per heavy atom. The fraction of sp³-hybridized carbons (Fsp3) is 0.867. The van der Waals surface area contributed by atoms with E-state index in [1.54, 1.807) is 11.9 Å². The molecule has 0 aromatic carbocycles. The van der Waals surface area contributed by atoms with Crippen molar-refractivity contribution in [3.63, 3.8) is 0 Å². The van der Waals surface area contributed by atoms with Crippen LogP contribution < -0.4 is 5.32 Å². The molecule has 1 aliphatic rings. The molecule has 0 aliphatic heterocycles. The maximum atomic E-state index is 12.4. The first-order chi connectivity index (χ1) is 9.77. The van der Waals surface area contributed by atoms with Crippen LogP contribution in [-0.2, 0) is 4.79 Å². The third-order valence-electron chi connectivity index (χ3n) is 4.29. The van der Waals surface area contributed by atoms with E-state index >= 15 is 0 Å². The highest BCUT2D eigenvalue weighted by Gasteiger charge is 2.40. The zero-order valence-corrected chi connectivity index (χ0v) is 13.7. The number of carbonyl (C=O) groups is 2. The highest BCUT2D eigenvalue weighted by Crippen LogP contribution is 2.35. The van der Waals surface area contributed by atoms with E-state index in [-0.39, 0.29) is 18.5 Å². The highest BCUT2D eigenvalue weighted by molar-refractivity contribution is 5.77. The average molecular weight is 299 g/mol. The lowest BCUT2D eigenvalue weighted by Gasteiger charge is -2.44. The number of hydrogen-bond donors (Lipinski definition) is 2. The summed E-state index contributed by atoms with van der Waals surface area (Å²) in [6.45, 7) is 2.71. The summed E-state index contributed by atoms with van der Waals surface area (Å²) in [5, 5.41) is 12.2. The molecule has 1 atom stereocenters. The number of carbonyl (C=O) groups excluding carboxylic acids is 1. The lowest BCUT2D eigenvalue weighted by atomic mass is 9.78. The van der Waals surface area contributed by atoms with Crippen LogP contribution in [0.1, 0.15) is 45.4 Å². The number of amides is 2. The fourth-order valence-electron chi connectivity index (χ4n) is 3.24. The Balaban J connectivity index is 2.72. The van der Waals surface area contributed by atoms with Gasteiger partial charge in [-0.2, -0.15) is 0 Å². The molecule has 6 heteroatoms. The van der Waals surface area contributed by atoms with E-state index in [2.05, 4.69) is 5.32 Å². The van der Waals surface area contributed by atoms with E-state index in [1.807, 2.05) is 25.9 Å². The molecule has 1 aliphatic carbocycles. The summed E-state index contributed by atoms with van der Waals surface area (Å²) in [7, 11) is 5.64. The van der Waals surface area contributed by atoms with E-state index in [1.165, 1.54) is 0 Å². The minimum atomic E-state index is -0.835. The molecule has 0 saturated heterocycles. The van der Waals surface area contributed by atoms with Crippen LogP contribution >= 0.6 is 0 Å². The van der Waals surface area contributed by atoms with Crippen molar-refractivity contribution in [3.05, 3.63) is 0 Å². The second-order valence-corrected chi connectivity index (χ2v) is 6.53. The summed E-state index contributed by atoms with van der Waals surface area (Å²) < 4.78 is 0. The standard InChI is InChI=1S/C15H29N3O3/c1-12(11-17(2)3)16-14(21)18(4)15(10-13(19)20)8-6-5-7-9-15/h12H,5-11H2,1-4H3,(H,16,21)(H,19,20). The predicted octanol–water partition coefficient (Wildman–Crippen LogP) is 1.76. The van der Waals surface area contributed by atoms with Crippen molar-refractivity contribution in [1.29, 1.82) is 0 Å². The van der Waals surface area contributed by atoms with E-state index in [0.29, 0.717) is 0 Å². The predicted molar refractivity (Wildman–Crippen MR) is 82.4 cm³/mol. The maximum absolute atomic E-state index is 12.4. The molecule has 1 saturated carbocycles. The number of carboxylic acid groups (broad SMARTS) is 1. The molecule has 2 N–H and O–H groups in total. The molecule has 21 heavy (non-hydrogen) atoms. The van der Waals surface area contributed by atoms with E-state index < -0.39 is 11.5 Å². The van der Waals surface area contributed by atoms with Crippen molar-refractivity contribution in [2.45, 2.75) is 57.0 Å². The Bertz CT molecular complexity index is 365. The van der Waals surface area contributed by atoms with Gasteiger partial charge in [-0.05, 0) is 33.9 Å². The summed E-state index contributed by atoms with van der Waals surface area (Å²) >= 11 is 0. The molecule has 1 unspecified atom stereocenters. The first-order valence-electron chi connectivity index (χ1n) is 7.68. The largest absolute Gasteiger partial charge is 0.481 e. The van der Waals surface area contributed by atoms with Gasteiger partial charge in [0.05, 0.1) is 12.0 Å². The van der Waals surface area contributed by atoms with Gasteiger partial charge in [0.15, 0.2) is 0 Å². The molecular weight excluding hydrogens is 270 g/mol. The third-order valence-corrected chi connectivity index (χ3v) is 4.29. The summed E-state index contributed by atoms with van der Waals surface area (Å²) in [5.74, 6) is -0.835. The van der Waals surface area contributed by atoms with Gasteiger partial charge in [0, 0.05) is 19.6 Å². The van der Waals surface area contributed by atoms with E-state index in [0.717, 1.165) is 38.6 Å². The number of rotatable bonds is 6. The molecule has 6 nitrogen and oxygen atoms in total. The minimum Gasteiger partial charge on any atom is -0.481 e. The highest BCUT2D eigenvalue weighted by atomic mass is 16.4. The van der Waals surface area contributed by atoms with Crippen LogP contribution in [0.25, 0.3) is 0 Å². The van der Waals surface area contributed by atoms with Crippen LogP contribution in [0.15, 0.2) is 0 Å². The van der Waals surface area contributed by atoms with Crippen molar-refractivity contribution >= 4 is 12.0 Å². The summed E-state index contributed by atoms with van der Waals surface area (Å²) in [6, 6.07) is -0.145. The average Bonchev–Trinajstić information content (AvgIpc) is 2.36. The monoisotopic (exact) mass is 299 g/mol. The molecular formula is C15H29N3O3. The number of aliphatic carboxylic acids is 1. The van der Waals surface area contributed by atoms with Crippen molar-refractivity contribution in [2.24, 2.45) is 0 Å². The quantitative estimate of drug-likeness (QED) is 0.784. The Kier molecular flexibility index (Phi) is 6.45. The van der Waals surface area contributed by atoms with Crippen molar-refractivity contribution in [1.82, 2.24) is 15.1 Å². The van der Waals surface area contributed by atoms with Crippen LogP contribution in [0, 0.1) is 0 Å². The van der Waals surface area contributed by atoms with Crippen molar-refractivity contribution in [2.75, 3.05) is 27.7 Å². The van der Waals surface area contributed by atoms with Gasteiger partial charge in [0.25, 0.3) is 0 Å². The Hall–Kier alpha value is -1.30. The van der Waals surface area contributed by atoms with Gasteiger partial charge in [-0.25, -0.2) is 4.79 Å². The van der Waals surface area contributed by atoms with Crippen LogP contribution in [0.2, 0.25) is 0 Å². The molecule has 0 aromatic heterocycles. The number of urea groups is 1. The van der Waals surface area contributed by atoms with Crippen LogP contribution in [0.5, 0.6) is 0 Å². The van der Waals surface area contributed by atoms with Crippen LogP contribution in [0.3, 0.4) is 0 Å². The lowest BCUT2D eigenvalue weighted by Crippen LogP contribution is -2.57. The molecule has 0 radical (unpaired) electrons. The van der Waals surface area contributed by atoms with Crippen molar-refractivity contribution in [3.8, 4) is 0 Å². The fourth-order valence-corrected chi connectivity index (χ4v) is 3.24. The van der Waals surface area contributed by atoms with Crippen LogP contribution in [0.4, 0.5) is 4.79 Å². The Morgan fingerprint density at radius 2 is 1.76 bits per heavy atom. The van der Waals surface area contributed by atoms with Gasteiger partial charge in [-0.3, -0.25) is 4.79 Å². The number of hydrogen-bond acceptors (Lipinski definition) is 3. The van der Waals surface area contributed by atoms with Crippen LogP contribution in [-0.4, -0.2) is 66.2 Å². The van der Waals surface area contributed by atoms with Gasteiger partial charge < -0.3 is 20.2 Å². The first kappa shape index (κ1) is 17.8. The molecule has 0 heterocycles. The number of nitrogens with zero attached hydrogens (tertiary/aromatic N) is 2. The van der Waals surface area contributed by atoms with Gasteiger partial charge in [-0.1, -0.05) is 19.3 Å². The van der Waals surface area contributed by atoms with E-state index in [4.69, 9.17) is 0 Å². The number of likely N-dealkylation sites (N-methyl/N-ethyl adjacent to an activating group) is 1. The molecule has 122 valence electrons. The van der Waals surface area contributed by atoms with Gasteiger partial charge >= 0.3 is 12.0 Å². The summed E-state index contributed by atoms with van der Waals surface area (Å²) in [4.78, 5) is 27.3. The molecule has 0 aromatic rings. The number of carboxylic acids is 1. The molecule has 0 bridgehead atoms. The summed E-state index contributed by atoms with van der Waals surface area (Å²) in [6.07, 6.45) is 4.65. The van der Waals surface area contributed by atoms with Gasteiger partial charge in [0.2, 0.25) is 0 Å². The second-order valence-electron chi connectivity index (χ2n) is 6.53. The first-order valence-corrected chi connectivity index (χ1v) is 7.68. The van der Waals surface area contributed by atoms with E-state index in [9.17, 15) is 14.7 Å². The number of nitrogens with one attached hydrogen (secondary N) is 1. The zero-order chi connectivity index (χ0) is 16.0. The SMILES string of the molecule is CC(CN(C)C)NC(=O)N(C)C1(CC(=O)O)CCCCC1. The molecule has 2 amide bonds. The third kappa shape index (κ3) is 5.19.